The van der Waals surface area contributed by atoms with Crippen molar-refractivity contribution >= 4 is 29.1 Å². The van der Waals surface area contributed by atoms with E-state index in [1.807, 2.05) is 19.1 Å². The molecule has 158 valence electrons. The molecule has 1 saturated heterocycles. The Balaban J connectivity index is 1.72. The number of rotatable bonds is 6. The molecule has 2 N–H and O–H groups in total. The summed E-state index contributed by atoms with van der Waals surface area (Å²) in [7, 11) is 0. The maximum absolute atomic E-state index is 13.0. The van der Waals surface area contributed by atoms with Crippen molar-refractivity contribution in [3.63, 3.8) is 0 Å². The van der Waals surface area contributed by atoms with Crippen LogP contribution in [0.5, 0.6) is 0 Å². The summed E-state index contributed by atoms with van der Waals surface area (Å²) in [4.78, 5) is 34.5. The van der Waals surface area contributed by atoms with Crippen molar-refractivity contribution in [1.29, 1.82) is 0 Å². The zero-order valence-electron chi connectivity index (χ0n) is 17.0. The van der Waals surface area contributed by atoms with Crippen molar-refractivity contribution in [2.24, 2.45) is 0 Å². The van der Waals surface area contributed by atoms with E-state index in [-0.39, 0.29) is 11.3 Å². The summed E-state index contributed by atoms with van der Waals surface area (Å²) in [6.45, 7) is 2.30. The van der Waals surface area contributed by atoms with Crippen LogP contribution < -0.4 is 0 Å². The zero-order valence-corrected chi connectivity index (χ0v) is 17.8. The Kier molecular flexibility index (Phi) is 5.91. The number of H-pyrrole nitrogens is 1. The van der Waals surface area contributed by atoms with E-state index in [0.29, 0.717) is 30.0 Å². The van der Waals surface area contributed by atoms with Gasteiger partial charge in [0, 0.05) is 29.0 Å². The number of carbonyl (C=O) groups is 2. The first-order valence-electron chi connectivity index (χ1n) is 10.0. The van der Waals surface area contributed by atoms with Gasteiger partial charge in [-0.2, -0.15) is 0 Å². The minimum atomic E-state index is -0.681. The first kappa shape index (κ1) is 20.9. The molecule has 0 aliphatic carbocycles. The number of halogens is 1. The number of aliphatic hydroxyl groups is 1. The van der Waals surface area contributed by atoms with E-state index in [1.54, 1.807) is 48.9 Å². The number of nitrogens with zero attached hydrogens (tertiary/aromatic N) is 2. The van der Waals surface area contributed by atoms with Gasteiger partial charge in [0.05, 0.1) is 17.9 Å². The Labute approximate surface area is 185 Å². The van der Waals surface area contributed by atoms with Gasteiger partial charge in [-0.25, -0.2) is 4.98 Å². The summed E-state index contributed by atoms with van der Waals surface area (Å²) in [6.07, 6.45) is 4.68. The van der Waals surface area contributed by atoms with E-state index in [1.165, 1.54) is 4.90 Å². The number of hydrogen-bond donors (Lipinski definition) is 2. The van der Waals surface area contributed by atoms with Crippen LogP contribution in [0.1, 0.15) is 34.8 Å². The van der Waals surface area contributed by atoms with Crippen LogP contribution in [0.25, 0.3) is 5.76 Å². The molecular weight excluding hydrogens is 414 g/mol. The molecule has 2 aromatic carbocycles. The third-order valence-electron chi connectivity index (χ3n) is 5.45. The maximum Gasteiger partial charge on any atom is 0.295 e. The highest BCUT2D eigenvalue weighted by Crippen LogP contribution is 2.39. The van der Waals surface area contributed by atoms with Gasteiger partial charge in [-0.1, -0.05) is 53.6 Å². The number of aliphatic hydroxyl groups excluding tert-OH is 1. The van der Waals surface area contributed by atoms with Crippen LogP contribution in [-0.2, 0) is 16.0 Å². The molecule has 1 aliphatic heterocycles. The van der Waals surface area contributed by atoms with Crippen LogP contribution in [0.15, 0.2) is 66.6 Å². The second-order valence-electron chi connectivity index (χ2n) is 7.59. The second kappa shape index (κ2) is 8.78. The van der Waals surface area contributed by atoms with Gasteiger partial charge < -0.3 is 15.0 Å². The van der Waals surface area contributed by atoms with E-state index in [9.17, 15) is 14.7 Å². The second-order valence-corrected chi connectivity index (χ2v) is 8.03. The first-order chi connectivity index (χ1) is 15.0. The van der Waals surface area contributed by atoms with Crippen molar-refractivity contribution in [1.82, 2.24) is 14.9 Å². The van der Waals surface area contributed by atoms with E-state index < -0.39 is 17.7 Å². The topological polar surface area (TPSA) is 86.3 Å². The lowest BCUT2D eigenvalue weighted by Crippen LogP contribution is -2.31. The molecule has 0 radical (unpaired) electrons. The van der Waals surface area contributed by atoms with Gasteiger partial charge in [-0.05, 0) is 37.5 Å². The quantitative estimate of drug-likeness (QED) is 0.341. The van der Waals surface area contributed by atoms with Crippen LogP contribution in [0.3, 0.4) is 0 Å². The van der Waals surface area contributed by atoms with Gasteiger partial charge in [0.25, 0.3) is 11.7 Å². The van der Waals surface area contributed by atoms with Crippen molar-refractivity contribution in [3.8, 4) is 0 Å². The standard InChI is InChI=1S/C24H22ClN3O3/c1-15-4-6-17(7-5-15)22(29)20-21(16-8-10-18(25)11-9-16)28(24(31)23(20)30)12-2-3-19-13-26-14-27-19/h4-11,13-14,21,29H,2-3,12H2,1H3,(H,26,27). The molecule has 7 heteroatoms. The smallest absolute Gasteiger partial charge is 0.295 e. The average molecular weight is 436 g/mol. The van der Waals surface area contributed by atoms with Gasteiger partial charge in [0.2, 0.25) is 0 Å². The average Bonchev–Trinajstić information content (AvgIpc) is 3.37. The van der Waals surface area contributed by atoms with Crippen LogP contribution in [0.2, 0.25) is 5.02 Å². The number of hydrogen-bond acceptors (Lipinski definition) is 4. The third kappa shape index (κ3) is 4.25. The van der Waals surface area contributed by atoms with Gasteiger partial charge in [0.15, 0.2) is 0 Å². The third-order valence-corrected chi connectivity index (χ3v) is 5.70. The number of ketones is 1. The number of aromatic nitrogens is 2. The zero-order chi connectivity index (χ0) is 22.0. The summed E-state index contributed by atoms with van der Waals surface area (Å²) < 4.78 is 0. The van der Waals surface area contributed by atoms with Crippen molar-refractivity contribution in [3.05, 3.63) is 94.0 Å². The van der Waals surface area contributed by atoms with Crippen molar-refractivity contribution in [2.75, 3.05) is 6.54 Å². The normalized spacial score (nSPS) is 18.0. The molecule has 0 bridgehead atoms. The lowest BCUT2D eigenvalue weighted by atomic mass is 9.95. The molecule has 31 heavy (non-hydrogen) atoms. The van der Waals surface area contributed by atoms with Gasteiger partial charge >= 0.3 is 0 Å². The first-order valence-corrected chi connectivity index (χ1v) is 10.4. The molecule has 1 amide bonds. The molecular formula is C24H22ClN3O3. The molecule has 1 aliphatic rings. The lowest BCUT2D eigenvalue weighted by Gasteiger charge is -2.25. The van der Waals surface area contributed by atoms with E-state index in [4.69, 9.17) is 11.6 Å². The highest BCUT2D eigenvalue weighted by Gasteiger charge is 2.45. The summed E-state index contributed by atoms with van der Waals surface area (Å²) >= 11 is 6.04. The number of Topliss-reactive ketones (excluding diaryl/α,β-unsaturated/α-hetero) is 1. The largest absolute Gasteiger partial charge is 0.507 e. The number of likely N-dealkylation sites (tertiary alicyclic amines) is 1. The highest BCUT2D eigenvalue weighted by molar-refractivity contribution is 6.46. The minimum absolute atomic E-state index is 0.0951. The summed E-state index contributed by atoms with van der Waals surface area (Å²) in [5.74, 6) is -1.47. The Morgan fingerprint density at radius 2 is 1.84 bits per heavy atom. The number of benzene rings is 2. The highest BCUT2D eigenvalue weighted by atomic mass is 35.5. The van der Waals surface area contributed by atoms with E-state index >= 15 is 0 Å². The Morgan fingerprint density at radius 1 is 1.13 bits per heavy atom. The van der Waals surface area contributed by atoms with Gasteiger partial charge in [0.1, 0.15) is 5.76 Å². The van der Waals surface area contributed by atoms with Gasteiger partial charge in [-0.15, -0.1) is 0 Å². The van der Waals surface area contributed by atoms with Gasteiger partial charge in [-0.3, -0.25) is 9.59 Å². The monoisotopic (exact) mass is 435 g/mol. The van der Waals surface area contributed by atoms with E-state index in [2.05, 4.69) is 9.97 Å². The van der Waals surface area contributed by atoms with Crippen LogP contribution in [0.4, 0.5) is 0 Å². The summed E-state index contributed by atoms with van der Waals surface area (Å²) in [5, 5.41) is 11.6. The molecule has 1 atom stereocenters. The fourth-order valence-electron chi connectivity index (χ4n) is 3.83. The predicted molar refractivity (Wildman–Crippen MR) is 119 cm³/mol. The fourth-order valence-corrected chi connectivity index (χ4v) is 3.96. The molecule has 3 aromatic rings. The lowest BCUT2D eigenvalue weighted by molar-refractivity contribution is -0.139. The van der Waals surface area contributed by atoms with E-state index in [0.717, 1.165) is 16.8 Å². The number of amides is 1. The molecule has 4 rings (SSSR count). The molecule has 6 nitrogen and oxygen atoms in total. The van der Waals surface area contributed by atoms with Crippen molar-refractivity contribution in [2.45, 2.75) is 25.8 Å². The number of imidazole rings is 1. The molecule has 2 heterocycles. The Bertz CT molecular complexity index is 1120. The summed E-state index contributed by atoms with van der Waals surface area (Å²) in [6, 6.07) is 13.5. The molecule has 1 aromatic heterocycles. The summed E-state index contributed by atoms with van der Waals surface area (Å²) in [5.41, 5.74) is 3.31. The molecule has 1 unspecified atom stereocenters. The number of aromatic amines is 1. The van der Waals surface area contributed by atoms with Crippen LogP contribution in [-0.4, -0.2) is 38.2 Å². The molecule has 0 saturated carbocycles. The minimum Gasteiger partial charge on any atom is -0.507 e. The Morgan fingerprint density at radius 3 is 2.48 bits per heavy atom. The number of nitrogens with one attached hydrogen (secondary N) is 1. The Hall–Kier alpha value is -3.38. The molecule has 0 spiro atoms. The molecule has 1 fully saturated rings. The van der Waals surface area contributed by atoms with Crippen molar-refractivity contribution < 1.29 is 14.7 Å². The SMILES string of the molecule is Cc1ccc(C(O)=C2C(=O)C(=O)N(CCCc3cnc[nH]3)C2c2ccc(Cl)cc2)cc1. The number of aryl methyl sites for hydroxylation is 2. The predicted octanol–water partition coefficient (Wildman–Crippen LogP) is 4.43. The fraction of sp³-hybridized carbons (Fsp3) is 0.208. The van der Waals surface area contributed by atoms with Crippen LogP contribution in [0, 0.1) is 6.92 Å². The van der Waals surface area contributed by atoms with Crippen LogP contribution >= 0.6 is 11.6 Å². The number of carbonyl (C=O) groups excluding carboxylic acids is 2. The maximum atomic E-state index is 13.0.